The van der Waals surface area contributed by atoms with Crippen LogP contribution in [0.25, 0.3) is 11.2 Å². The van der Waals surface area contributed by atoms with Crippen molar-refractivity contribution >= 4 is 34.4 Å². The van der Waals surface area contributed by atoms with Crippen LogP contribution < -0.4 is 26.6 Å². The molecule has 11 nitrogen and oxygen atoms in total. The number of carbonyl (C=O) groups excluding carboxylic acids is 2. The minimum atomic E-state index is -0.793. The van der Waals surface area contributed by atoms with Gasteiger partial charge in [-0.15, -0.1) is 0 Å². The summed E-state index contributed by atoms with van der Waals surface area (Å²) in [6, 6.07) is 12.7. The van der Waals surface area contributed by atoms with Crippen molar-refractivity contribution in [1.29, 1.82) is 0 Å². The Hall–Kier alpha value is -4.67. The molecule has 0 bridgehead atoms. The van der Waals surface area contributed by atoms with Crippen molar-refractivity contribution in [3.63, 3.8) is 0 Å². The van der Waals surface area contributed by atoms with Crippen molar-refractivity contribution in [3.8, 4) is 5.75 Å². The van der Waals surface area contributed by atoms with Crippen LogP contribution in [0.15, 0.2) is 64.4 Å². The molecule has 1 atom stereocenters. The van der Waals surface area contributed by atoms with Gasteiger partial charge in [0.2, 0.25) is 5.91 Å². The van der Waals surface area contributed by atoms with Gasteiger partial charge in [0.1, 0.15) is 11.8 Å². The summed E-state index contributed by atoms with van der Waals surface area (Å²) in [4.78, 5) is 54.4. The lowest BCUT2D eigenvalue weighted by Crippen LogP contribution is -2.38. The number of nitrogens with one attached hydrogen (secondary N) is 2. The zero-order valence-corrected chi connectivity index (χ0v) is 19.6. The Morgan fingerprint density at radius 1 is 0.971 bits per heavy atom. The Balaban J connectivity index is 1.50. The van der Waals surface area contributed by atoms with Crippen LogP contribution in [0.3, 0.4) is 0 Å². The maximum atomic E-state index is 12.9. The Labute approximate surface area is 199 Å². The first-order valence-corrected chi connectivity index (χ1v) is 10.7. The molecule has 0 aliphatic heterocycles. The van der Waals surface area contributed by atoms with Crippen molar-refractivity contribution in [2.75, 3.05) is 17.7 Å². The molecule has 35 heavy (non-hydrogen) atoms. The molecule has 2 aromatic heterocycles. The second-order valence-electron chi connectivity index (χ2n) is 7.93. The van der Waals surface area contributed by atoms with Gasteiger partial charge >= 0.3 is 5.69 Å². The molecule has 4 aromatic rings. The first-order chi connectivity index (χ1) is 16.7. The highest BCUT2D eigenvalue weighted by Gasteiger charge is 2.22. The number of amides is 2. The maximum Gasteiger partial charge on any atom is 0.332 e. The molecule has 2 heterocycles. The molecule has 2 N–H and O–H groups in total. The summed E-state index contributed by atoms with van der Waals surface area (Å²) >= 11 is 0. The van der Waals surface area contributed by atoms with Crippen LogP contribution in [-0.4, -0.2) is 37.6 Å². The monoisotopic (exact) mass is 476 g/mol. The third-order valence-corrected chi connectivity index (χ3v) is 5.74. The van der Waals surface area contributed by atoms with Crippen molar-refractivity contribution in [1.82, 2.24) is 18.7 Å². The summed E-state index contributed by atoms with van der Waals surface area (Å²) in [6.07, 6.45) is 1.36. The van der Waals surface area contributed by atoms with Crippen LogP contribution in [0.4, 0.5) is 11.4 Å². The molecule has 2 amide bonds. The van der Waals surface area contributed by atoms with E-state index in [4.69, 9.17) is 4.74 Å². The summed E-state index contributed by atoms with van der Waals surface area (Å²) in [5.74, 6) is -0.181. The van der Waals surface area contributed by atoms with Gasteiger partial charge in [-0.2, -0.15) is 0 Å². The fraction of sp³-hybridized carbons (Fsp3) is 0.208. The van der Waals surface area contributed by atoms with Crippen LogP contribution >= 0.6 is 0 Å². The second-order valence-corrected chi connectivity index (χ2v) is 7.93. The smallest absolute Gasteiger partial charge is 0.332 e. The number of aromatic nitrogens is 4. The average Bonchev–Trinajstić information content (AvgIpc) is 3.31. The normalized spacial score (nSPS) is 11.8. The van der Waals surface area contributed by atoms with Gasteiger partial charge in [0.15, 0.2) is 11.2 Å². The highest BCUT2D eigenvalue weighted by atomic mass is 16.5. The van der Waals surface area contributed by atoms with E-state index in [0.29, 0.717) is 22.7 Å². The molecule has 0 spiro atoms. The lowest BCUT2D eigenvalue weighted by molar-refractivity contribution is -0.118. The predicted octanol–water partition coefficient (Wildman–Crippen LogP) is 1.89. The second kappa shape index (κ2) is 9.29. The van der Waals surface area contributed by atoms with Crippen molar-refractivity contribution in [2.45, 2.75) is 13.0 Å². The number of carbonyl (C=O) groups is 2. The zero-order valence-electron chi connectivity index (χ0n) is 19.6. The van der Waals surface area contributed by atoms with Gasteiger partial charge in [-0.05, 0) is 43.3 Å². The lowest BCUT2D eigenvalue weighted by atomic mass is 10.1. The van der Waals surface area contributed by atoms with Gasteiger partial charge in [-0.25, -0.2) is 9.78 Å². The van der Waals surface area contributed by atoms with Gasteiger partial charge < -0.3 is 19.9 Å². The molecule has 0 saturated heterocycles. The minimum absolute atomic E-state index is 0.153. The van der Waals surface area contributed by atoms with E-state index in [1.807, 2.05) is 0 Å². The zero-order chi connectivity index (χ0) is 25.3. The molecule has 0 aliphatic carbocycles. The molecular formula is C24H24N6O5. The SMILES string of the molecule is COc1ccccc1NC(=O)c1ccc(NC(=O)C(C)n2cnc3c2c(=O)n(C)c(=O)n3C)cc1. The number of imidazole rings is 1. The standard InChI is InChI=1S/C24H24N6O5/c1-14(30-13-25-20-19(30)23(33)29(3)24(34)28(20)2)21(31)26-16-11-9-15(10-12-16)22(32)27-17-7-5-6-8-18(17)35-4/h5-14H,1-4H3,(H,26,31)(H,27,32). The van der Waals surface area contributed by atoms with Crippen LogP contribution in [0.2, 0.25) is 0 Å². The number of methoxy groups -OCH3 is 1. The van der Waals surface area contributed by atoms with E-state index in [0.717, 1.165) is 4.57 Å². The van der Waals surface area contributed by atoms with Crippen molar-refractivity contribution in [3.05, 3.63) is 81.3 Å². The number of ether oxygens (including phenoxy) is 1. The van der Waals surface area contributed by atoms with Crippen LogP contribution in [0.5, 0.6) is 5.75 Å². The van der Waals surface area contributed by atoms with E-state index >= 15 is 0 Å². The van der Waals surface area contributed by atoms with E-state index in [9.17, 15) is 19.2 Å². The number of fused-ring (bicyclic) bond motifs is 1. The molecule has 0 radical (unpaired) electrons. The summed E-state index contributed by atoms with van der Waals surface area (Å²) in [6.45, 7) is 1.62. The quantitative estimate of drug-likeness (QED) is 0.437. The molecule has 4 rings (SSSR count). The van der Waals surface area contributed by atoms with Crippen LogP contribution in [-0.2, 0) is 18.9 Å². The summed E-state index contributed by atoms with van der Waals surface area (Å²) < 4.78 is 8.91. The third kappa shape index (κ3) is 4.31. The number of hydrogen-bond donors (Lipinski definition) is 2. The van der Waals surface area contributed by atoms with E-state index in [1.54, 1.807) is 55.5 Å². The number of nitrogens with zero attached hydrogens (tertiary/aromatic N) is 4. The number of aryl methyl sites for hydroxylation is 1. The van der Waals surface area contributed by atoms with Gasteiger partial charge in [0.25, 0.3) is 11.5 Å². The summed E-state index contributed by atoms with van der Waals surface area (Å²) in [5.41, 5.74) is 0.726. The van der Waals surface area contributed by atoms with E-state index in [-0.39, 0.29) is 17.1 Å². The van der Waals surface area contributed by atoms with Crippen LogP contribution in [0.1, 0.15) is 23.3 Å². The van der Waals surface area contributed by atoms with Crippen molar-refractivity contribution in [2.24, 2.45) is 14.1 Å². The maximum absolute atomic E-state index is 12.9. The Morgan fingerprint density at radius 3 is 2.34 bits per heavy atom. The molecule has 11 heteroatoms. The fourth-order valence-corrected chi connectivity index (χ4v) is 3.68. The third-order valence-electron chi connectivity index (χ3n) is 5.74. The number of benzene rings is 2. The van der Waals surface area contributed by atoms with Gasteiger partial charge in [-0.3, -0.25) is 23.5 Å². The van der Waals surface area contributed by atoms with Gasteiger partial charge in [0, 0.05) is 25.3 Å². The first-order valence-electron chi connectivity index (χ1n) is 10.7. The highest BCUT2D eigenvalue weighted by molar-refractivity contribution is 6.05. The number of para-hydroxylation sites is 2. The molecule has 180 valence electrons. The van der Waals surface area contributed by atoms with E-state index < -0.39 is 23.2 Å². The molecule has 2 aromatic carbocycles. The van der Waals surface area contributed by atoms with Crippen LogP contribution in [0, 0.1) is 0 Å². The predicted molar refractivity (Wildman–Crippen MR) is 131 cm³/mol. The Morgan fingerprint density at radius 2 is 1.66 bits per heavy atom. The van der Waals surface area contributed by atoms with Crippen molar-refractivity contribution < 1.29 is 14.3 Å². The average molecular weight is 476 g/mol. The molecule has 0 saturated carbocycles. The van der Waals surface area contributed by atoms with E-state index in [2.05, 4.69) is 15.6 Å². The summed E-state index contributed by atoms with van der Waals surface area (Å²) in [7, 11) is 4.41. The Kier molecular flexibility index (Phi) is 6.24. The largest absolute Gasteiger partial charge is 0.495 e. The molecule has 1 unspecified atom stereocenters. The molecule has 0 fully saturated rings. The fourth-order valence-electron chi connectivity index (χ4n) is 3.68. The van der Waals surface area contributed by atoms with Gasteiger partial charge in [-0.1, -0.05) is 12.1 Å². The highest BCUT2D eigenvalue weighted by Crippen LogP contribution is 2.24. The topological polar surface area (TPSA) is 129 Å². The first kappa shape index (κ1) is 23.5. The van der Waals surface area contributed by atoms with E-state index in [1.165, 1.54) is 36.7 Å². The lowest BCUT2D eigenvalue weighted by Gasteiger charge is -2.15. The number of hydrogen-bond acceptors (Lipinski definition) is 6. The Bertz CT molecular complexity index is 1550. The van der Waals surface area contributed by atoms with Gasteiger partial charge in [0.05, 0.1) is 19.1 Å². The number of rotatable bonds is 6. The molecular weight excluding hydrogens is 452 g/mol. The number of anilines is 2. The summed E-state index contributed by atoms with van der Waals surface area (Å²) in [5, 5.41) is 5.56. The minimum Gasteiger partial charge on any atom is -0.495 e. The molecule has 0 aliphatic rings.